The van der Waals surface area contributed by atoms with E-state index in [1.165, 1.54) is 0 Å². The number of hydrogen-bond donors (Lipinski definition) is 1. The fourth-order valence-corrected chi connectivity index (χ4v) is 1.75. The zero-order valence-corrected chi connectivity index (χ0v) is 10.8. The minimum absolute atomic E-state index is 0.395. The zero-order chi connectivity index (χ0) is 13.0. The van der Waals surface area contributed by atoms with Crippen LogP contribution in [0.4, 0.5) is 5.69 Å². The standard InChI is InChI=1S/C12H14ClN3O2/c1-2-17-6-5-11-15-12(18-16-11)9-4-3-8(14)7-10(9)13/h3-4,7H,2,5-6,14H2,1H3. The van der Waals surface area contributed by atoms with Crippen molar-refractivity contribution in [1.82, 2.24) is 10.1 Å². The van der Waals surface area contributed by atoms with Gasteiger partial charge in [0.05, 0.1) is 17.2 Å². The van der Waals surface area contributed by atoms with Crippen molar-refractivity contribution in [2.24, 2.45) is 0 Å². The van der Waals surface area contributed by atoms with Crippen LogP contribution < -0.4 is 5.73 Å². The van der Waals surface area contributed by atoms with Gasteiger partial charge in [-0.1, -0.05) is 16.8 Å². The second kappa shape index (κ2) is 5.84. The van der Waals surface area contributed by atoms with Crippen molar-refractivity contribution in [3.63, 3.8) is 0 Å². The first kappa shape index (κ1) is 12.9. The molecule has 1 aromatic carbocycles. The lowest BCUT2D eigenvalue weighted by atomic mass is 10.2. The molecule has 0 spiro atoms. The van der Waals surface area contributed by atoms with Gasteiger partial charge >= 0.3 is 0 Å². The molecule has 2 N–H and O–H groups in total. The van der Waals surface area contributed by atoms with Crippen molar-refractivity contribution in [3.8, 4) is 11.5 Å². The van der Waals surface area contributed by atoms with Gasteiger partial charge in [-0.2, -0.15) is 4.98 Å². The van der Waals surface area contributed by atoms with Crippen LogP contribution in [0.5, 0.6) is 0 Å². The van der Waals surface area contributed by atoms with Crippen LogP contribution in [0.3, 0.4) is 0 Å². The number of ether oxygens (including phenoxy) is 1. The van der Waals surface area contributed by atoms with E-state index in [1.54, 1.807) is 18.2 Å². The van der Waals surface area contributed by atoms with E-state index in [0.717, 1.165) is 0 Å². The Morgan fingerprint density at radius 2 is 2.28 bits per heavy atom. The largest absolute Gasteiger partial charge is 0.399 e. The molecule has 1 aromatic heterocycles. The van der Waals surface area contributed by atoms with Gasteiger partial charge in [-0.3, -0.25) is 0 Å². The minimum Gasteiger partial charge on any atom is -0.399 e. The molecule has 5 nitrogen and oxygen atoms in total. The highest BCUT2D eigenvalue weighted by Crippen LogP contribution is 2.28. The van der Waals surface area contributed by atoms with E-state index in [9.17, 15) is 0 Å². The average Bonchev–Trinajstić information content (AvgIpc) is 2.78. The van der Waals surface area contributed by atoms with Gasteiger partial charge in [0.25, 0.3) is 5.89 Å². The van der Waals surface area contributed by atoms with Crippen LogP contribution in [0, 0.1) is 0 Å². The third kappa shape index (κ3) is 3.00. The van der Waals surface area contributed by atoms with Gasteiger partial charge in [-0.05, 0) is 25.1 Å². The van der Waals surface area contributed by atoms with Crippen molar-refractivity contribution in [2.75, 3.05) is 18.9 Å². The van der Waals surface area contributed by atoms with Gasteiger partial charge in [0.2, 0.25) is 0 Å². The molecule has 1 heterocycles. The molecule has 0 saturated carbocycles. The molecule has 0 aliphatic rings. The number of nitrogens with two attached hydrogens (primary N) is 1. The Morgan fingerprint density at radius 3 is 3.00 bits per heavy atom. The van der Waals surface area contributed by atoms with Gasteiger partial charge in [0, 0.05) is 18.7 Å². The Hall–Kier alpha value is -1.59. The summed E-state index contributed by atoms with van der Waals surface area (Å²) in [5.41, 5.74) is 6.90. The molecule has 0 aliphatic heterocycles. The second-order valence-corrected chi connectivity index (χ2v) is 4.11. The Bertz CT molecular complexity index is 528. The monoisotopic (exact) mass is 267 g/mol. The number of aromatic nitrogens is 2. The first-order valence-electron chi connectivity index (χ1n) is 5.66. The summed E-state index contributed by atoms with van der Waals surface area (Å²) in [6, 6.07) is 5.16. The SMILES string of the molecule is CCOCCc1noc(-c2ccc(N)cc2Cl)n1. The lowest BCUT2D eigenvalue weighted by Crippen LogP contribution is -1.99. The highest BCUT2D eigenvalue weighted by atomic mass is 35.5. The van der Waals surface area contributed by atoms with E-state index >= 15 is 0 Å². The van der Waals surface area contributed by atoms with E-state index in [4.69, 9.17) is 26.6 Å². The van der Waals surface area contributed by atoms with Crippen LogP contribution in [0.25, 0.3) is 11.5 Å². The fourth-order valence-electron chi connectivity index (χ4n) is 1.48. The summed E-state index contributed by atoms with van der Waals surface area (Å²) in [6.45, 7) is 3.19. The van der Waals surface area contributed by atoms with Crippen molar-refractivity contribution in [2.45, 2.75) is 13.3 Å². The summed E-state index contributed by atoms with van der Waals surface area (Å²) in [5.74, 6) is 0.998. The van der Waals surface area contributed by atoms with Gasteiger partial charge in [-0.25, -0.2) is 0 Å². The Labute approximate surface area is 110 Å². The maximum Gasteiger partial charge on any atom is 0.259 e. The molecule has 2 rings (SSSR count). The molecule has 0 unspecified atom stereocenters. The van der Waals surface area contributed by atoms with Crippen LogP contribution in [0.15, 0.2) is 22.7 Å². The van der Waals surface area contributed by atoms with Crippen LogP contribution in [-0.2, 0) is 11.2 Å². The topological polar surface area (TPSA) is 74.2 Å². The summed E-state index contributed by atoms with van der Waals surface area (Å²) < 4.78 is 10.4. The summed E-state index contributed by atoms with van der Waals surface area (Å²) in [6.07, 6.45) is 0.615. The van der Waals surface area contributed by atoms with Crippen molar-refractivity contribution < 1.29 is 9.26 Å². The van der Waals surface area contributed by atoms with Crippen LogP contribution in [0.1, 0.15) is 12.7 Å². The molecule has 0 radical (unpaired) electrons. The molecular weight excluding hydrogens is 254 g/mol. The number of benzene rings is 1. The third-order valence-corrected chi connectivity index (χ3v) is 2.68. The first-order chi connectivity index (χ1) is 8.70. The van der Waals surface area contributed by atoms with E-state index in [2.05, 4.69) is 10.1 Å². The molecule has 0 fully saturated rings. The minimum atomic E-state index is 0.395. The molecule has 0 aliphatic carbocycles. The Morgan fingerprint density at radius 1 is 1.44 bits per heavy atom. The number of hydrogen-bond acceptors (Lipinski definition) is 5. The average molecular weight is 268 g/mol. The molecule has 0 bridgehead atoms. The third-order valence-electron chi connectivity index (χ3n) is 2.37. The first-order valence-corrected chi connectivity index (χ1v) is 6.04. The lowest BCUT2D eigenvalue weighted by Gasteiger charge is -1.99. The van der Waals surface area contributed by atoms with E-state index in [0.29, 0.717) is 47.6 Å². The second-order valence-electron chi connectivity index (χ2n) is 3.70. The molecule has 2 aromatic rings. The molecular formula is C12H14ClN3O2. The lowest BCUT2D eigenvalue weighted by molar-refractivity contribution is 0.149. The Kier molecular flexibility index (Phi) is 4.17. The summed E-state index contributed by atoms with van der Waals surface area (Å²) in [7, 11) is 0. The summed E-state index contributed by atoms with van der Waals surface area (Å²) in [5, 5.41) is 4.37. The summed E-state index contributed by atoms with van der Waals surface area (Å²) >= 11 is 6.07. The maximum absolute atomic E-state index is 6.07. The number of nitrogen functional groups attached to an aromatic ring is 1. The maximum atomic E-state index is 6.07. The Balaban J connectivity index is 2.13. The van der Waals surface area contributed by atoms with Gasteiger partial charge in [-0.15, -0.1) is 0 Å². The summed E-state index contributed by atoms with van der Waals surface area (Å²) in [4.78, 5) is 4.26. The molecule has 0 amide bonds. The number of anilines is 1. The molecule has 0 saturated heterocycles. The normalized spacial score (nSPS) is 10.8. The van der Waals surface area contributed by atoms with Gasteiger partial charge in [0.1, 0.15) is 0 Å². The van der Waals surface area contributed by atoms with Gasteiger partial charge in [0.15, 0.2) is 5.82 Å². The molecule has 0 atom stereocenters. The van der Waals surface area contributed by atoms with Crippen LogP contribution in [-0.4, -0.2) is 23.4 Å². The highest BCUT2D eigenvalue weighted by Gasteiger charge is 2.12. The van der Waals surface area contributed by atoms with Crippen molar-refractivity contribution >= 4 is 17.3 Å². The smallest absolute Gasteiger partial charge is 0.259 e. The number of nitrogens with zero attached hydrogens (tertiary/aromatic N) is 2. The predicted molar refractivity (Wildman–Crippen MR) is 69.4 cm³/mol. The van der Waals surface area contributed by atoms with E-state index in [1.807, 2.05) is 6.92 Å². The fraction of sp³-hybridized carbons (Fsp3) is 0.333. The zero-order valence-electron chi connectivity index (χ0n) is 10.0. The predicted octanol–water partition coefficient (Wildman–Crippen LogP) is 2.55. The molecule has 18 heavy (non-hydrogen) atoms. The highest BCUT2D eigenvalue weighted by molar-refractivity contribution is 6.33. The van der Waals surface area contributed by atoms with Gasteiger partial charge < -0.3 is 15.0 Å². The van der Waals surface area contributed by atoms with Crippen molar-refractivity contribution in [3.05, 3.63) is 29.0 Å². The number of rotatable bonds is 5. The molecule has 6 heteroatoms. The van der Waals surface area contributed by atoms with Crippen LogP contribution in [0.2, 0.25) is 5.02 Å². The van der Waals surface area contributed by atoms with E-state index in [-0.39, 0.29) is 0 Å². The van der Waals surface area contributed by atoms with E-state index < -0.39 is 0 Å². The number of halogens is 1. The molecule has 96 valence electrons. The quantitative estimate of drug-likeness (QED) is 0.666. The van der Waals surface area contributed by atoms with Crippen LogP contribution >= 0.6 is 11.6 Å². The van der Waals surface area contributed by atoms with Crippen molar-refractivity contribution in [1.29, 1.82) is 0 Å².